The van der Waals surface area contributed by atoms with E-state index in [1.54, 1.807) is 6.07 Å². The van der Waals surface area contributed by atoms with Crippen LogP contribution in [0.1, 0.15) is 5.76 Å². The molecule has 0 bridgehead atoms. The Morgan fingerprint density at radius 2 is 1.90 bits per heavy atom. The molecule has 1 heterocycles. The summed E-state index contributed by atoms with van der Waals surface area (Å²) in [4.78, 5) is 0. The third-order valence-electron chi connectivity index (χ3n) is 2.76. The van der Waals surface area contributed by atoms with Crippen molar-refractivity contribution in [1.29, 1.82) is 0 Å². The van der Waals surface area contributed by atoms with E-state index >= 15 is 0 Å². The van der Waals surface area contributed by atoms with Crippen LogP contribution in [0.25, 0.3) is 0 Å². The van der Waals surface area contributed by atoms with Crippen LogP contribution < -0.4 is 14.8 Å². The molecule has 2 aromatic rings. The van der Waals surface area contributed by atoms with Crippen molar-refractivity contribution in [3.63, 3.8) is 0 Å². The van der Waals surface area contributed by atoms with Crippen molar-refractivity contribution >= 4 is 10.0 Å². The number of nitrogens with one attached hydrogen (secondary N) is 2. The summed E-state index contributed by atoms with van der Waals surface area (Å²) in [7, 11) is -2.17. The van der Waals surface area contributed by atoms with Crippen molar-refractivity contribution in [3.05, 3.63) is 48.2 Å². The monoisotopic (exact) mass is 310 g/mol. The van der Waals surface area contributed by atoms with Crippen molar-refractivity contribution in [3.8, 4) is 5.75 Å². The maximum atomic E-state index is 11.5. The normalized spacial score (nSPS) is 11.5. The molecule has 7 heteroatoms. The lowest BCUT2D eigenvalue weighted by molar-refractivity contribution is 0.309. The lowest BCUT2D eigenvalue weighted by atomic mass is 10.3. The summed E-state index contributed by atoms with van der Waals surface area (Å²) in [5.41, 5.74) is 0. The van der Waals surface area contributed by atoms with Crippen LogP contribution >= 0.6 is 0 Å². The van der Waals surface area contributed by atoms with E-state index in [1.165, 1.54) is 13.1 Å². The van der Waals surface area contributed by atoms with Gasteiger partial charge in [-0.15, -0.1) is 0 Å². The van der Waals surface area contributed by atoms with Crippen molar-refractivity contribution < 1.29 is 17.6 Å². The summed E-state index contributed by atoms with van der Waals surface area (Å²) in [6.07, 6.45) is 0. The van der Waals surface area contributed by atoms with Gasteiger partial charge in [0.15, 0.2) is 0 Å². The smallest absolute Gasteiger partial charge is 0.273 e. The molecule has 6 nitrogen and oxygen atoms in total. The SMILES string of the molecule is CNS(=O)(=O)c1ccc(CNCCOc2ccccc2)o1. The predicted octanol–water partition coefficient (Wildman–Crippen LogP) is 1.36. The molecule has 114 valence electrons. The zero-order valence-corrected chi connectivity index (χ0v) is 12.5. The first-order chi connectivity index (χ1) is 10.1. The van der Waals surface area contributed by atoms with Crippen molar-refractivity contribution in [2.24, 2.45) is 0 Å². The average Bonchev–Trinajstić information content (AvgIpc) is 2.98. The third-order valence-corrected chi connectivity index (χ3v) is 4.05. The number of hydrogen-bond donors (Lipinski definition) is 2. The lowest BCUT2D eigenvalue weighted by Gasteiger charge is -2.06. The Kier molecular flexibility index (Phi) is 5.38. The fourth-order valence-electron chi connectivity index (χ4n) is 1.67. The molecule has 0 fully saturated rings. The minimum absolute atomic E-state index is 0.0812. The van der Waals surface area contributed by atoms with Crippen LogP contribution in [0, 0.1) is 0 Å². The molecular formula is C14H18N2O4S. The summed E-state index contributed by atoms with van der Waals surface area (Å²) < 4.78 is 36.0. The molecule has 1 aromatic carbocycles. The zero-order valence-electron chi connectivity index (χ0n) is 11.7. The Morgan fingerprint density at radius 3 is 2.62 bits per heavy atom. The molecule has 0 saturated heterocycles. The van der Waals surface area contributed by atoms with Crippen LogP contribution in [0.15, 0.2) is 52.0 Å². The summed E-state index contributed by atoms with van der Waals surface area (Å²) in [5, 5.41) is 3.04. The van der Waals surface area contributed by atoms with Gasteiger partial charge in [-0.1, -0.05) is 18.2 Å². The van der Waals surface area contributed by atoms with Gasteiger partial charge in [0.05, 0.1) is 6.54 Å². The number of rotatable bonds is 8. The summed E-state index contributed by atoms with van der Waals surface area (Å²) >= 11 is 0. The number of ether oxygens (including phenoxy) is 1. The fraction of sp³-hybridized carbons (Fsp3) is 0.286. The van der Waals surface area contributed by atoms with Crippen molar-refractivity contribution in [2.75, 3.05) is 20.2 Å². The van der Waals surface area contributed by atoms with E-state index in [0.717, 1.165) is 5.75 Å². The topological polar surface area (TPSA) is 80.6 Å². The van der Waals surface area contributed by atoms with Crippen molar-refractivity contribution in [1.82, 2.24) is 10.0 Å². The Morgan fingerprint density at radius 1 is 1.14 bits per heavy atom. The van der Waals surface area contributed by atoms with E-state index in [1.807, 2.05) is 30.3 Å². The Bertz CT molecular complexity index is 653. The standard InChI is InChI=1S/C14H18N2O4S/c1-15-21(17,18)14-8-7-13(20-14)11-16-9-10-19-12-5-3-2-4-6-12/h2-8,15-16H,9-11H2,1H3. The average molecular weight is 310 g/mol. The number of sulfonamides is 1. The molecule has 0 radical (unpaired) electrons. The Labute approximate surface area is 124 Å². The maximum absolute atomic E-state index is 11.5. The van der Waals surface area contributed by atoms with Crippen LogP contribution in [0.5, 0.6) is 5.75 Å². The molecule has 0 atom stereocenters. The van der Waals surface area contributed by atoms with Crippen LogP contribution in [0.2, 0.25) is 0 Å². The van der Waals surface area contributed by atoms with Gasteiger partial charge in [0.25, 0.3) is 10.0 Å². The Hall–Kier alpha value is -1.83. The van der Waals surface area contributed by atoms with Crippen molar-refractivity contribution in [2.45, 2.75) is 11.6 Å². The largest absolute Gasteiger partial charge is 0.492 e. The van der Waals surface area contributed by atoms with E-state index in [0.29, 0.717) is 25.5 Å². The highest BCUT2D eigenvalue weighted by molar-refractivity contribution is 7.89. The molecule has 0 aliphatic rings. The van der Waals surface area contributed by atoms with Gasteiger partial charge in [-0.05, 0) is 31.3 Å². The second-order valence-corrected chi connectivity index (χ2v) is 6.08. The highest BCUT2D eigenvalue weighted by atomic mass is 32.2. The van der Waals surface area contributed by atoms with E-state index < -0.39 is 10.0 Å². The molecule has 2 rings (SSSR count). The maximum Gasteiger partial charge on any atom is 0.273 e. The van der Waals surface area contributed by atoms with E-state index in [9.17, 15) is 8.42 Å². The summed E-state index contributed by atoms with van der Waals surface area (Å²) in [6.45, 7) is 1.59. The molecule has 0 amide bonds. The van der Waals surface area contributed by atoms with Crippen LogP contribution in [-0.4, -0.2) is 28.6 Å². The first-order valence-electron chi connectivity index (χ1n) is 6.52. The van der Waals surface area contributed by atoms with E-state index in [4.69, 9.17) is 9.15 Å². The molecule has 21 heavy (non-hydrogen) atoms. The first-order valence-corrected chi connectivity index (χ1v) is 8.01. The molecule has 0 aliphatic heterocycles. The van der Waals surface area contributed by atoms with Gasteiger partial charge in [0.2, 0.25) is 5.09 Å². The molecule has 0 aliphatic carbocycles. The zero-order chi connectivity index (χ0) is 15.1. The van der Waals surface area contributed by atoms with E-state index in [2.05, 4.69) is 10.0 Å². The third kappa shape index (κ3) is 4.59. The molecule has 1 aromatic heterocycles. The minimum atomic E-state index is -3.52. The molecule has 0 saturated carbocycles. The number of para-hydroxylation sites is 1. The van der Waals surface area contributed by atoms with E-state index in [-0.39, 0.29) is 5.09 Å². The lowest BCUT2D eigenvalue weighted by Crippen LogP contribution is -2.20. The van der Waals surface area contributed by atoms with Gasteiger partial charge in [-0.3, -0.25) is 0 Å². The molecular weight excluding hydrogens is 292 g/mol. The van der Waals surface area contributed by atoms with Gasteiger partial charge in [0.1, 0.15) is 18.1 Å². The highest BCUT2D eigenvalue weighted by Crippen LogP contribution is 2.13. The molecule has 0 unspecified atom stereocenters. The van der Waals surface area contributed by atoms with Gasteiger partial charge >= 0.3 is 0 Å². The molecule has 0 spiro atoms. The Balaban J connectivity index is 1.72. The van der Waals surface area contributed by atoms with Gasteiger partial charge in [-0.25, -0.2) is 13.1 Å². The fourth-order valence-corrected chi connectivity index (χ4v) is 2.33. The van der Waals surface area contributed by atoms with Crippen LogP contribution in [-0.2, 0) is 16.6 Å². The number of hydrogen-bond acceptors (Lipinski definition) is 5. The predicted molar refractivity (Wildman–Crippen MR) is 78.6 cm³/mol. The van der Waals surface area contributed by atoms with Gasteiger partial charge in [-0.2, -0.15) is 0 Å². The quantitative estimate of drug-likeness (QED) is 0.720. The minimum Gasteiger partial charge on any atom is -0.492 e. The first kappa shape index (κ1) is 15.6. The number of furan rings is 1. The molecule has 2 N–H and O–H groups in total. The van der Waals surface area contributed by atoms with Gasteiger partial charge in [0, 0.05) is 6.54 Å². The highest BCUT2D eigenvalue weighted by Gasteiger charge is 2.15. The second-order valence-electron chi connectivity index (χ2n) is 4.27. The second kappa shape index (κ2) is 7.26. The van der Waals surface area contributed by atoms with Gasteiger partial charge < -0.3 is 14.5 Å². The van der Waals surface area contributed by atoms with Crippen LogP contribution in [0.3, 0.4) is 0 Å². The number of benzene rings is 1. The summed E-state index contributed by atoms with van der Waals surface area (Å²) in [5.74, 6) is 1.38. The summed E-state index contributed by atoms with van der Waals surface area (Å²) in [6, 6.07) is 12.6. The van der Waals surface area contributed by atoms with Crippen LogP contribution in [0.4, 0.5) is 0 Å².